The zero-order chi connectivity index (χ0) is 13.1. The Morgan fingerprint density at radius 1 is 1.00 bits per heavy atom. The van der Waals surface area contributed by atoms with Crippen molar-refractivity contribution in [1.82, 2.24) is 4.98 Å². The van der Waals surface area contributed by atoms with E-state index in [1.165, 1.54) is 36.8 Å². The number of rotatable bonds is 2. The molecule has 0 bridgehead atoms. The van der Waals surface area contributed by atoms with Crippen LogP contribution < -0.4 is 0 Å². The molecule has 1 aromatic heterocycles. The van der Waals surface area contributed by atoms with E-state index in [-0.39, 0.29) is 5.41 Å². The number of hydrogen-bond donors (Lipinski definition) is 0. The van der Waals surface area contributed by atoms with Gasteiger partial charge in [-0.25, -0.2) is 0 Å². The van der Waals surface area contributed by atoms with E-state index in [4.69, 9.17) is 5.26 Å². The van der Waals surface area contributed by atoms with Gasteiger partial charge in [0.15, 0.2) is 0 Å². The van der Waals surface area contributed by atoms with Gasteiger partial charge in [-0.2, -0.15) is 5.26 Å². The van der Waals surface area contributed by atoms with Gasteiger partial charge in [0, 0.05) is 17.8 Å². The van der Waals surface area contributed by atoms with Crippen LogP contribution in [-0.2, 0) is 5.41 Å². The van der Waals surface area contributed by atoms with Gasteiger partial charge in [-0.1, -0.05) is 31.0 Å². The Balaban J connectivity index is 2.08. The smallest absolute Gasteiger partial charge is 0.0991 e. The normalized spacial score (nSPS) is 17.0. The van der Waals surface area contributed by atoms with Crippen LogP contribution in [0.3, 0.4) is 0 Å². The van der Waals surface area contributed by atoms with Crippen molar-refractivity contribution in [3.8, 4) is 6.07 Å². The standard InChI is InChI=1S/C17H16N2/c18-12-14-5-7-15(8-6-14)17(9-1-2-10-17)16-4-3-11-19-13-16/h3-8,11,13H,1-2,9-10H2. The molecular formula is C17H16N2. The second-order valence-electron chi connectivity index (χ2n) is 5.22. The van der Waals surface area contributed by atoms with Crippen molar-refractivity contribution in [2.75, 3.05) is 0 Å². The first kappa shape index (κ1) is 11.9. The van der Waals surface area contributed by atoms with Gasteiger partial charge in [0.2, 0.25) is 0 Å². The third-order valence-corrected chi connectivity index (χ3v) is 4.24. The van der Waals surface area contributed by atoms with Crippen molar-refractivity contribution in [3.05, 3.63) is 65.5 Å². The average Bonchev–Trinajstić information content (AvgIpc) is 2.99. The highest BCUT2D eigenvalue weighted by atomic mass is 14.6. The molecule has 1 aliphatic rings. The molecule has 0 amide bonds. The molecule has 0 atom stereocenters. The molecule has 0 unspecified atom stereocenters. The minimum Gasteiger partial charge on any atom is -0.264 e. The summed E-state index contributed by atoms with van der Waals surface area (Å²) in [7, 11) is 0. The van der Waals surface area contributed by atoms with Gasteiger partial charge in [0.1, 0.15) is 0 Å². The van der Waals surface area contributed by atoms with Crippen LogP contribution in [-0.4, -0.2) is 4.98 Å². The third-order valence-electron chi connectivity index (χ3n) is 4.24. The Morgan fingerprint density at radius 3 is 2.32 bits per heavy atom. The number of hydrogen-bond acceptors (Lipinski definition) is 2. The van der Waals surface area contributed by atoms with Gasteiger partial charge in [-0.15, -0.1) is 0 Å². The summed E-state index contributed by atoms with van der Waals surface area (Å²) in [5.41, 5.74) is 3.44. The fraction of sp³-hybridized carbons (Fsp3) is 0.294. The van der Waals surface area contributed by atoms with Crippen LogP contribution in [0.2, 0.25) is 0 Å². The second kappa shape index (κ2) is 4.85. The lowest BCUT2D eigenvalue weighted by Gasteiger charge is -2.30. The van der Waals surface area contributed by atoms with Gasteiger partial charge < -0.3 is 0 Å². The topological polar surface area (TPSA) is 36.7 Å². The van der Waals surface area contributed by atoms with E-state index in [2.05, 4.69) is 29.3 Å². The van der Waals surface area contributed by atoms with E-state index in [0.29, 0.717) is 0 Å². The molecule has 0 aliphatic heterocycles. The summed E-state index contributed by atoms with van der Waals surface area (Å²) in [4.78, 5) is 4.28. The molecule has 1 heterocycles. The number of pyridine rings is 1. The zero-order valence-electron chi connectivity index (χ0n) is 10.8. The molecule has 2 heteroatoms. The molecular weight excluding hydrogens is 232 g/mol. The summed E-state index contributed by atoms with van der Waals surface area (Å²) in [5.74, 6) is 0. The lowest BCUT2D eigenvalue weighted by atomic mass is 9.73. The summed E-state index contributed by atoms with van der Waals surface area (Å²) in [6.45, 7) is 0. The molecule has 1 saturated carbocycles. The maximum absolute atomic E-state index is 8.92. The summed E-state index contributed by atoms with van der Waals surface area (Å²) in [6, 6.07) is 14.4. The SMILES string of the molecule is N#Cc1ccc(C2(c3cccnc3)CCCC2)cc1. The molecule has 0 radical (unpaired) electrons. The van der Waals surface area contributed by atoms with Crippen LogP contribution in [0.4, 0.5) is 0 Å². The van der Waals surface area contributed by atoms with Crippen LogP contribution in [0.25, 0.3) is 0 Å². The van der Waals surface area contributed by atoms with Gasteiger partial charge in [-0.05, 0) is 42.2 Å². The van der Waals surface area contributed by atoms with Crippen LogP contribution >= 0.6 is 0 Å². The Kier molecular flexibility index (Phi) is 3.05. The molecule has 0 spiro atoms. The van der Waals surface area contributed by atoms with E-state index in [1.54, 1.807) is 0 Å². The summed E-state index contributed by atoms with van der Waals surface area (Å²) >= 11 is 0. The largest absolute Gasteiger partial charge is 0.264 e. The second-order valence-corrected chi connectivity index (χ2v) is 5.22. The number of nitrogens with zero attached hydrogens (tertiary/aromatic N) is 2. The van der Waals surface area contributed by atoms with E-state index in [9.17, 15) is 0 Å². The summed E-state index contributed by atoms with van der Waals surface area (Å²) < 4.78 is 0. The van der Waals surface area contributed by atoms with E-state index < -0.39 is 0 Å². The fourth-order valence-electron chi connectivity index (χ4n) is 3.23. The number of benzene rings is 1. The lowest BCUT2D eigenvalue weighted by molar-refractivity contribution is 0.533. The predicted molar refractivity (Wildman–Crippen MR) is 74.6 cm³/mol. The predicted octanol–water partition coefficient (Wildman–Crippen LogP) is 3.81. The Hall–Kier alpha value is -2.14. The van der Waals surface area contributed by atoms with Crippen LogP contribution in [0, 0.1) is 11.3 Å². The van der Waals surface area contributed by atoms with Crippen LogP contribution in [0.5, 0.6) is 0 Å². The monoisotopic (exact) mass is 248 g/mol. The van der Waals surface area contributed by atoms with Gasteiger partial charge in [0.05, 0.1) is 11.6 Å². The molecule has 1 aromatic carbocycles. The van der Waals surface area contributed by atoms with Gasteiger partial charge in [-0.3, -0.25) is 4.98 Å². The van der Waals surface area contributed by atoms with Crippen molar-refractivity contribution in [2.45, 2.75) is 31.1 Å². The Bertz CT molecular complexity index is 587. The highest BCUT2D eigenvalue weighted by molar-refractivity contribution is 5.42. The van der Waals surface area contributed by atoms with Crippen molar-refractivity contribution in [2.24, 2.45) is 0 Å². The zero-order valence-corrected chi connectivity index (χ0v) is 10.8. The number of nitriles is 1. The quantitative estimate of drug-likeness (QED) is 0.810. The number of aromatic nitrogens is 1. The van der Waals surface area contributed by atoms with Crippen molar-refractivity contribution in [1.29, 1.82) is 5.26 Å². The van der Waals surface area contributed by atoms with Gasteiger partial charge in [0.25, 0.3) is 0 Å². The maximum Gasteiger partial charge on any atom is 0.0991 e. The first-order valence-corrected chi connectivity index (χ1v) is 6.76. The molecule has 0 N–H and O–H groups in total. The first-order valence-electron chi connectivity index (χ1n) is 6.76. The van der Waals surface area contributed by atoms with Crippen LogP contribution in [0.1, 0.15) is 42.4 Å². The molecule has 19 heavy (non-hydrogen) atoms. The van der Waals surface area contributed by atoms with Crippen LogP contribution in [0.15, 0.2) is 48.8 Å². The molecule has 94 valence electrons. The molecule has 2 aromatic rings. The Morgan fingerprint density at radius 2 is 1.74 bits per heavy atom. The third kappa shape index (κ3) is 2.02. The minimum atomic E-state index is 0.0995. The van der Waals surface area contributed by atoms with Crippen molar-refractivity contribution >= 4 is 0 Å². The molecule has 1 aliphatic carbocycles. The van der Waals surface area contributed by atoms with E-state index in [0.717, 1.165) is 5.56 Å². The average molecular weight is 248 g/mol. The minimum absolute atomic E-state index is 0.0995. The molecule has 2 nitrogen and oxygen atoms in total. The van der Waals surface area contributed by atoms with E-state index >= 15 is 0 Å². The summed E-state index contributed by atoms with van der Waals surface area (Å²) in [5, 5.41) is 8.92. The fourth-order valence-corrected chi connectivity index (χ4v) is 3.23. The van der Waals surface area contributed by atoms with Crippen molar-refractivity contribution in [3.63, 3.8) is 0 Å². The lowest BCUT2D eigenvalue weighted by Crippen LogP contribution is -2.23. The van der Waals surface area contributed by atoms with Crippen molar-refractivity contribution < 1.29 is 0 Å². The highest BCUT2D eigenvalue weighted by Crippen LogP contribution is 2.46. The maximum atomic E-state index is 8.92. The van der Waals surface area contributed by atoms with E-state index in [1.807, 2.05) is 30.6 Å². The summed E-state index contributed by atoms with van der Waals surface area (Å²) in [6.07, 6.45) is 8.67. The highest BCUT2D eigenvalue weighted by Gasteiger charge is 2.37. The molecule has 3 rings (SSSR count). The van der Waals surface area contributed by atoms with Gasteiger partial charge >= 0.3 is 0 Å². The first-order chi connectivity index (χ1) is 9.35. The molecule has 0 saturated heterocycles. The molecule has 1 fully saturated rings. The Labute approximate surface area is 113 Å².